The molecule has 0 bridgehead atoms. The molecular formula is C10H23NO. The van der Waals surface area contributed by atoms with Crippen molar-refractivity contribution in [3.8, 4) is 0 Å². The molecule has 0 unspecified atom stereocenters. The molecule has 0 atom stereocenters. The second-order valence-electron chi connectivity index (χ2n) is 3.13. The smallest absolute Gasteiger partial charge is 0.0590 e. The SMILES string of the molecule is CCCCCCCOCCNC. The maximum atomic E-state index is 5.39. The van der Waals surface area contributed by atoms with Gasteiger partial charge in [0.25, 0.3) is 0 Å². The lowest BCUT2D eigenvalue weighted by molar-refractivity contribution is 0.133. The van der Waals surface area contributed by atoms with Crippen molar-refractivity contribution in [3.63, 3.8) is 0 Å². The zero-order chi connectivity index (χ0) is 9.07. The Morgan fingerprint density at radius 2 is 1.75 bits per heavy atom. The van der Waals surface area contributed by atoms with Crippen LogP contribution in [0.1, 0.15) is 39.0 Å². The monoisotopic (exact) mass is 173 g/mol. The van der Waals surface area contributed by atoms with Gasteiger partial charge in [0.2, 0.25) is 0 Å². The Bertz CT molecular complexity index is 66.2. The predicted molar refractivity (Wildman–Crippen MR) is 53.5 cm³/mol. The quantitative estimate of drug-likeness (QED) is 0.540. The van der Waals surface area contributed by atoms with Crippen molar-refractivity contribution >= 4 is 0 Å². The average Bonchev–Trinajstić information content (AvgIpc) is 2.10. The van der Waals surface area contributed by atoms with Gasteiger partial charge in [0.15, 0.2) is 0 Å². The van der Waals surface area contributed by atoms with Crippen molar-refractivity contribution in [2.24, 2.45) is 0 Å². The van der Waals surface area contributed by atoms with E-state index >= 15 is 0 Å². The summed E-state index contributed by atoms with van der Waals surface area (Å²) >= 11 is 0. The molecule has 0 aliphatic rings. The van der Waals surface area contributed by atoms with Gasteiger partial charge in [-0.05, 0) is 13.5 Å². The summed E-state index contributed by atoms with van der Waals surface area (Å²) in [6.45, 7) is 4.99. The molecule has 0 saturated carbocycles. The summed E-state index contributed by atoms with van der Waals surface area (Å²) in [5.74, 6) is 0. The molecule has 0 heterocycles. The van der Waals surface area contributed by atoms with E-state index < -0.39 is 0 Å². The van der Waals surface area contributed by atoms with Gasteiger partial charge in [-0.1, -0.05) is 32.6 Å². The minimum atomic E-state index is 0.851. The van der Waals surface area contributed by atoms with Crippen LogP contribution in [0.2, 0.25) is 0 Å². The van der Waals surface area contributed by atoms with E-state index in [1.54, 1.807) is 0 Å². The average molecular weight is 173 g/mol. The molecule has 0 radical (unpaired) electrons. The van der Waals surface area contributed by atoms with E-state index in [-0.39, 0.29) is 0 Å². The molecule has 0 aliphatic carbocycles. The Kier molecular flexibility index (Phi) is 10.8. The first kappa shape index (κ1) is 11.9. The number of rotatable bonds is 9. The van der Waals surface area contributed by atoms with Gasteiger partial charge in [0.1, 0.15) is 0 Å². The van der Waals surface area contributed by atoms with E-state index in [1.165, 1.54) is 32.1 Å². The lowest BCUT2D eigenvalue weighted by Crippen LogP contribution is -2.14. The van der Waals surface area contributed by atoms with Crippen LogP contribution in [0.3, 0.4) is 0 Å². The molecule has 2 heteroatoms. The molecule has 2 nitrogen and oxygen atoms in total. The van der Waals surface area contributed by atoms with Gasteiger partial charge in [-0.25, -0.2) is 0 Å². The number of unbranched alkanes of at least 4 members (excludes halogenated alkanes) is 4. The van der Waals surface area contributed by atoms with Gasteiger partial charge < -0.3 is 10.1 Å². The molecule has 12 heavy (non-hydrogen) atoms. The van der Waals surface area contributed by atoms with E-state index in [9.17, 15) is 0 Å². The van der Waals surface area contributed by atoms with Crippen LogP contribution in [0.25, 0.3) is 0 Å². The van der Waals surface area contributed by atoms with Crippen molar-refractivity contribution in [1.29, 1.82) is 0 Å². The number of nitrogens with one attached hydrogen (secondary N) is 1. The molecule has 0 rings (SSSR count). The van der Waals surface area contributed by atoms with Gasteiger partial charge in [-0.3, -0.25) is 0 Å². The maximum Gasteiger partial charge on any atom is 0.0590 e. The van der Waals surface area contributed by atoms with E-state index in [1.807, 2.05) is 7.05 Å². The second-order valence-corrected chi connectivity index (χ2v) is 3.13. The highest BCUT2D eigenvalue weighted by molar-refractivity contribution is 4.42. The van der Waals surface area contributed by atoms with Crippen LogP contribution in [0.15, 0.2) is 0 Å². The van der Waals surface area contributed by atoms with Crippen LogP contribution >= 0.6 is 0 Å². The fraction of sp³-hybridized carbons (Fsp3) is 1.00. The summed E-state index contributed by atoms with van der Waals surface area (Å²) < 4.78 is 5.39. The third-order valence-corrected chi connectivity index (χ3v) is 1.89. The van der Waals surface area contributed by atoms with Gasteiger partial charge in [-0.2, -0.15) is 0 Å². The first-order valence-corrected chi connectivity index (χ1v) is 5.14. The topological polar surface area (TPSA) is 21.3 Å². The molecule has 0 aromatic carbocycles. The molecule has 0 spiro atoms. The van der Waals surface area contributed by atoms with Crippen molar-refractivity contribution in [2.75, 3.05) is 26.8 Å². The van der Waals surface area contributed by atoms with Crippen LogP contribution in [0.4, 0.5) is 0 Å². The van der Waals surface area contributed by atoms with Crippen LogP contribution in [-0.2, 0) is 4.74 Å². The third kappa shape index (κ3) is 9.92. The van der Waals surface area contributed by atoms with Crippen molar-refractivity contribution < 1.29 is 4.74 Å². The molecule has 0 amide bonds. The highest BCUT2D eigenvalue weighted by atomic mass is 16.5. The Balaban J connectivity index is 2.73. The standard InChI is InChI=1S/C10H23NO/c1-3-4-5-6-7-9-12-10-8-11-2/h11H,3-10H2,1-2H3. The maximum absolute atomic E-state index is 5.39. The minimum absolute atomic E-state index is 0.851. The summed E-state index contributed by atoms with van der Waals surface area (Å²) in [4.78, 5) is 0. The Hall–Kier alpha value is -0.0800. The van der Waals surface area contributed by atoms with Crippen LogP contribution in [0.5, 0.6) is 0 Å². The lowest BCUT2D eigenvalue weighted by atomic mass is 10.2. The van der Waals surface area contributed by atoms with Crippen LogP contribution in [0, 0.1) is 0 Å². The normalized spacial score (nSPS) is 10.5. The number of hydrogen-bond acceptors (Lipinski definition) is 2. The van der Waals surface area contributed by atoms with Crippen LogP contribution in [-0.4, -0.2) is 26.8 Å². The van der Waals surface area contributed by atoms with E-state index in [4.69, 9.17) is 4.74 Å². The van der Waals surface area contributed by atoms with E-state index in [0.717, 1.165) is 19.8 Å². The number of likely N-dealkylation sites (N-methyl/N-ethyl adjacent to an activating group) is 1. The molecule has 0 aliphatic heterocycles. The fourth-order valence-corrected chi connectivity index (χ4v) is 1.08. The van der Waals surface area contributed by atoms with Gasteiger partial charge in [0.05, 0.1) is 6.61 Å². The second kappa shape index (κ2) is 10.9. The first-order chi connectivity index (χ1) is 5.91. The van der Waals surface area contributed by atoms with Crippen molar-refractivity contribution in [2.45, 2.75) is 39.0 Å². The summed E-state index contributed by atoms with van der Waals surface area (Å²) in [6, 6.07) is 0. The van der Waals surface area contributed by atoms with Gasteiger partial charge in [-0.15, -0.1) is 0 Å². The fourth-order valence-electron chi connectivity index (χ4n) is 1.08. The highest BCUT2D eigenvalue weighted by Gasteiger charge is 1.89. The Morgan fingerprint density at radius 3 is 2.42 bits per heavy atom. The van der Waals surface area contributed by atoms with Crippen LogP contribution < -0.4 is 5.32 Å². The zero-order valence-electron chi connectivity index (χ0n) is 8.57. The Morgan fingerprint density at radius 1 is 1.00 bits per heavy atom. The summed E-state index contributed by atoms with van der Waals surface area (Å²) in [5.41, 5.74) is 0. The minimum Gasteiger partial charge on any atom is -0.380 e. The predicted octanol–water partition coefficient (Wildman–Crippen LogP) is 2.19. The molecule has 0 saturated heterocycles. The summed E-state index contributed by atoms with van der Waals surface area (Å²) in [7, 11) is 1.95. The first-order valence-electron chi connectivity index (χ1n) is 5.14. The highest BCUT2D eigenvalue weighted by Crippen LogP contribution is 2.01. The molecule has 0 fully saturated rings. The summed E-state index contributed by atoms with van der Waals surface area (Å²) in [5, 5.41) is 3.05. The largest absolute Gasteiger partial charge is 0.380 e. The van der Waals surface area contributed by atoms with E-state index in [0.29, 0.717) is 0 Å². The molecular weight excluding hydrogens is 150 g/mol. The molecule has 1 N–H and O–H groups in total. The van der Waals surface area contributed by atoms with Crippen molar-refractivity contribution in [1.82, 2.24) is 5.32 Å². The zero-order valence-corrected chi connectivity index (χ0v) is 8.57. The van der Waals surface area contributed by atoms with Gasteiger partial charge in [0, 0.05) is 13.2 Å². The molecule has 74 valence electrons. The Labute approximate surface area is 76.7 Å². The molecule has 0 aromatic heterocycles. The lowest BCUT2D eigenvalue weighted by Gasteiger charge is -2.02. The molecule has 0 aromatic rings. The van der Waals surface area contributed by atoms with Crippen molar-refractivity contribution in [3.05, 3.63) is 0 Å². The third-order valence-electron chi connectivity index (χ3n) is 1.89. The number of hydrogen-bond donors (Lipinski definition) is 1. The number of ether oxygens (including phenoxy) is 1. The van der Waals surface area contributed by atoms with Gasteiger partial charge >= 0.3 is 0 Å². The van der Waals surface area contributed by atoms with E-state index in [2.05, 4.69) is 12.2 Å². The summed E-state index contributed by atoms with van der Waals surface area (Å²) in [6.07, 6.45) is 6.61.